The Hall–Kier alpha value is -4.85. The van der Waals surface area contributed by atoms with Crippen molar-refractivity contribution >= 4 is 33.6 Å². The van der Waals surface area contributed by atoms with Gasteiger partial charge in [0.05, 0.1) is 34.0 Å². The van der Waals surface area contributed by atoms with Crippen LogP contribution in [-0.4, -0.2) is 26.3 Å². The summed E-state index contributed by atoms with van der Waals surface area (Å²) in [4.78, 5) is 47.4. The molecule has 3 aromatic carbocycles. The summed E-state index contributed by atoms with van der Waals surface area (Å²) >= 11 is 0. The van der Waals surface area contributed by atoms with Crippen molar-refractivity contribution in [3.63, 3.8) is 0 Å². The second kappa shape index (κ2) is 10.0. The molecular weight excluding hydrogens is 466 g/mol. The maximum Gasteiger partial charge on any atom is 0.270 e. The van der Waals surface area contributed by atoms with E-state index in [9.17, 15) is 14.4 Å². The van der Waals surface area contributed by atoms with Crippen LogP contribution in [0.25, 0.3) is 33.1 Å². The zero-order valence-corrected chi connectivity index (χ0v) is 20.5. The van der Waals surface area contributed by atoms with Gasteiger partial charge in [-0.15, -0.1) is 0 Å². The number of aryl methyl sites for hydroxylation is 3. The van der Waals surface area contributed by atoms with E-state index in [2.05, 4.69) is 15.8 Å². The number of amides is 2. The van der Waals surface area contributed by atoms with Crippen molar-refractivity contribution in [2.75, 3.05) is 0 Å². The number of nitrogens with zero attached hydrogens (tertiary/aromatic N) is 3. The predicted octanol–water partition coefficient (Wildman–Crippen LogP) is 4.08. The van der Waals surface area contributed by atoms with Crippen LogP contribution in [0.15, 0.2) is 83.9 Å². The van der Waals surface area contributed by atoms with Gasteiger partial charge >= 0.3 is 0 Å². The molecule has 0 saturated carbocycles. The van der Waals surface area contributed by atoms with Crippen LogP contribution in [0.3, 0.4) is 0 Å². The number of rotatable bonds is 5. The molecule has 2 amide bonds. The molecule has 8 nitrogen and oxygen atoms in total. The first-order chi connectivity index (χ1) is 17.9. The third-order valence-corrected chi connectivity index (χ3v) is 6.26. The maximum absolute atomic E-state index is 13.1. The van der Waals surface area contributed by atoms with Crippen LogP contribution in [0.4, 0.5) is 0 Å². The maximum atomic E-state index is 13.1. The van der Waals surface area contributed by atoms with E-state index in [0.29, 0.717) is 33.1 Å². The summed E-state index contributed by atoms with van der Waals surface area (Å²) in [5, 5.41) is 1.18. The van der Waals surface area contributed by atoms with Crippen LogP contribution < -0.4 is 16.4 Å². The first kappa shape index (κ1) is 23.9. The zero-order valence-electron chi connectivity index (χ0n) is 20.5. The molecule has 2 heterocycles. The quantitative estimate of drug-likeness (QED) is 0.361. The third kappa shape index (κ3) is 4.95. The van der Waals surface area contributed by atoms with E-state index in [1.807, 2.05) is 68.4 Å². The Kier molecular flexibility index (Phi) is 6.47. The van der Waals surface area contributed by atoms with Gasteiger partial charge in [-0.3, -0.25) is 29.8 Å². The molecule has 0 unspecified atom stereocenters. The molecule has 184 valence electrons. The molecule has 0 aliphatic carbocycles. The van der Waals surface area contributed by atoms with Crippen LogP contribution in [0.2, 0.25) is 0 Å². The molecule has 0 atom stereocenters. The van der Waals surface area contributed by atoms with Gasteiger partial charge in [0, 0.05) is 23.9 Å². The van der Waals surface area contributed by atoms with Crippen LogP contribution in [0.1, 0.15) is 27.9 Å². The number of fused-ring (bicyclic) bond motifs is 2. The lowest BCUT2D eigenvalue weighted by atomic mass is 10.0. The fraction of sp³-hybridized carbons (Fsp3) is 0.138. The van der Waals surface area contributed by atoms with Gasteiger partial charge < -0.3 is 0 Å². The summed E-state index contributed by atoms with van der Waals surface area (Å²) in [6.45, 7) is 4.03. The highest BCUT2D eigenvalue weighted by molar-refractivity contribution is 6.07. The highest BCUT2D eigenvalue weighted by atomic mass is 16.2. The molecule has 0 radical (unpaired) electrons. The predicted molar refractivity (Wildman–Crippen MR) is 143 cm³/mol. The average molecular weight is 492 g/mol. The Morgan fingerprint density at radius 3 is 2.46 bits per heavy atom. The molecule has 2 aromatic heterocycles. The molecule has 0 bridgehead atoms. The summed E-state index contributed by atoms with van der Waals surface area (Å²) in [5.74, 6) is -0.887. The summed E-state index contributed by atoms with van der Waals surface area (Å²) in [6.07, 6.45) is 1.43. The highest BCUT2D eigenvalue weighted by Crippen LogP contribution is 2.25. The molecule has 0 aliphatic heterocycles. The number of aromatic nitrogens is 3. The number of carbonyl (C=O) groups excluding carboxylic acids is 2. The normalized spacial score (nSPS) is 11.0. The first-order valence-corrected chi connectivity index (χ1v) is 11.9. The Balaban J connectivity index is 1.30. The number of hydrogen-bond acceptors (Lipinski definition) is 5. The van der Waals surface area contributed by atoms with Crippen molar-refractivity contribution in [3.05, 3.63) is 106 Å². The lowest BCUT2D eigenvalue weighted by molar-refractivity contribution is -0.122. The van der Waals surface area contributed by atoms with E-state index in [-0.39, 0.29) is 18.5 Å². The van der Waals surface area contributed by atoms with E-state index in [0.717, 1.165) is 16.7 Å². The van der Waals surface area contributed by atoms with Crippen molar-refractivity contribution in [2.45, 2.75) is 26.8 Å². The Labute approximate surface area is 213 Å². The molecule has 0 saturated heterocycles. The number of hydrazine groups is 1. The minimum absolute atomic E-state index is 0.00903. The van der Waals surface area contributed by atoms with Gasteiger partial charge in [0.2, 0.25) is 5.91 Å². The van der Waals surface area contributed by atoms with Gasteiger partial charge in [-0.25, -0.2) is 9.97 Å². The Morgan fingerprint density at radius 1 is 0.892 bits per heavy atom. The second-order valence-corrected chi connectivity index (χ2v) is 8.90. The second-order valence-electron chi connectivity index (χ2n) is 8.90. The summed E-state index contributed by atoms with van der Waals surface area (Å²) in [5.41, 5.74) is 10.0. The van der Waals surface area contributed by atoms with E-state index < -0.39 is 11.8 Å². The SMILES string of the molecule is Cc1ccc(-c2cc(C(=O)NNC(=O)CCn3cnc4c(C)cccc4c3=O)c3ccccc3n2)cc1. The topological polar surface area (TPSA) is 106 Å². The molecule has 5 rings (SSSR count). The van der Waals surface area contributed by atoms with Crippen molar-refractivity contribution in [1.29, 1.82) is 0 Å². The molecule has 0 fully saturated rings. The monoisotopic (exact) mass is 491 g/mol. The number of pyridine rings is 1. The third-order valence-electron chi connectivity index (χ3n) is 6.26. The summed E-state index contributed by atoms with van der Waals surface area (Å²) in [7, 11) is 0. The zero-order chi connectivity index (χ0) is 25.9. The Morgan fingerprint density at radius 2 is 1.65 bits per heavy atom. The molecular formula is C29H25N5O3. The first-order valence-electron chi connectivity index (χ1n) is 11.9. The van der Waals surface area contributed by atoms with Crippen molar-refractivity contribution < 1.29 is 9.59 Å². The number of nitrogens with one attached hydrogen (secondary N) is 2. The molecule has 2 N–H and O–H groups in total. The van der Waals surface area contributed by atoms with Crippen LogP contribution in [-0.2, 0) is 11.3 Å². The van der Waals surface area contributed by atoms with Crippen LogP contribution >= 0.6 is 0 Å². The van der Waals surface area contributed by atoms with Gasteiger partial charge in [0.1, 0.15) is 0 Å². The van der Waals surface area contributed by atoms with Crippen LogP contribution in [0.5, 0.6) is 0 Å². The van der Waals surface area contributed by atoms with Crippen molar-refractivity contribution in [2.24, 2.45) is 0 Å². The Bertz CT molecular complexity index is 1710. The van der Waals surface area contributed by atoms with E-state index in [1.54, 1.807) is 18.2 Å². The number of benzene rings is 3. The fourth-order valence-electron chi connectivity index (χ4n) is 4.21. The van der Waals surface area contributed by atoms with Crippen molar-refractivity contribution in [3.8, 4) is 11.3 Å². The van der Waals surface area contributed by atoms with E-state index >= 15 is 0 Å². The summed E-state index contributed by atoms with van der Waals surface area (Å²) < 4.78 is 1.40. The lowest BCUT2D eigenvalue weighted by Gasteiger charge is -2.12. The minimum Gasteiger partial charge on any atom is -0.298 e. The molecule has 5 aromatic rings. The summed E-state index contributed by atoms with van der Waals surface area (Å²) in [6, 6.07) is 22.4. The van der Waals surface area contributed by atoms with E-state index in [1.165, 1.54) is 10.9 Å². The van der Waals surface area contributed by atoms with Gasteiger partial charge in [0.15, 0.2) is 0 Å². The average Bonchev–Trinajstić information content (AvgIpc) is 2.91. The smallest absolute Gasteiger partial charge is 0.270 e. The number of carbonyl (C=O) groups is 2. The molecule has 0 aliphatic rings. The van der Waals surface area contributed by atoms with Gasteiger partial charge in [-0.05, 0) is 37.6 Å². The number of hydrogen-bond donors (Lipinski definition) is 2. The van der Waals surface area contributed by atoms with Gasteiger partial charge in [-0.2, -0.15) is 0 Å². The standard InChI is InChI=1S/C29H25N5O3/c1-18-10-12-20(13-11-18)25-16-23(21-7-3-4-9-24(21)31-25)28(36)33-32-26(35)14-15-34-17-30-27-19(2)6-5-8-22(27)29(34)37/h3-13,16-17H,14-15H2,1-2H3,(H,32,35)(H,33,36). The highest BCUT2D eigenvalue weighted by Gasteiger charge is 2.15. The van der Waals surface area contributed by atoms with E-state index in [4.69, 9.17) is 4.98 Å². The largest absolute Gasteiger partial charge is 0.298 e. The number of para-hydroxylation sites is 2. The van der Waals surface area contributed by atoms with Crippen LogP contribution in [0, 0.1) is 13.8 Å². The fourth-order valence-corrected chi connectivity index (χ4v) is 4.21. The van der Waals surface area contributed by atoms with Crippen molar-refractivity contribution in [1.82, 2.24) is 25.4 Å². The minimum atomic E-state index is -0.458. The van der Waals surface area contributed by atoms with Gasteiger partial charge in [0.25, 0.3) is 11.5 Å². The molecule has 0 spiro atoms. The molecule has 37 heavy (non-hydrogen) atoms. The van der Waals surface area contributed by atoms with Gasteiger partial charge in [-0.1, -0.05) is 60.2 Å². The lowest BCUT2D eigenvalue weighted by Crippen LogP contribution is -2.42. The molecule has 8 heteroatoms.